The highest BCUT2D eigenvalue weighted by molar-refractivity contribution is 6.02. The highest BCUT2D eigenvalue weighted by Crippen LogP contribution is 2.42. The van der Waals surface area contributed by atoms with Gasteiger partial charge >= 0.3 is 5.97 Å². The van der Waals surface area contributed by atoms with Gasteiger partial charge in [0.25, 0.3) is 0 Å². The molecule has 0 unspecified atom stereocenters. The second kappa shape index (κ2) is 7.85. The van der Waals surface area contributed by atoms with Gasteiger partial charge in [-0.15, -0.1) is 0 Å². The van der Waals surface area contributed by atoms with Crippen LogP contribution in [0, 0.1) is 52.4 Å². The van der Waals surface area contributed by atoms with Crippen molar-refractivity contribution in [1.82, 2.24) is 0 Å². The third-order valence-electron chi connectivity index (χ3n) is 4.93. The fraction of sp³-hybridized carbons (Fsp3) is 0. The third kappa shape index (κ3) is 3.24. The zero-order valence-electron chi connectivity index (χ0n) is 16.2. The summed E-state index contributed by atoms with van der Waals surface area (Å²) in [5.41, 5.74) is -0.882. The van der Waals surface area contributed by atoms with E-state index in [1.54, 1.807) is 0 Å². The Labute approximate surface area is 185 Å². The Morgan fingerprint density at radius 2 is 0.914 bits per heavy atom. The molecular weight excluding hydrogens is 503 g/mol. The van der Waals surface area contributed by atoms with Crippen LogP contribution in [0.15, 0.2) is 12.1 Å². The minimum absolute atomic E-state index is 0.438. The molecule has 0 fully saturated rings. The van der Waals surface area contributed by atoms with Gasteiger partial charge in [0.2, 0.25) is 11.6 Å². The number of aromatic hydroxyl groups is 3. The molecule has 0 saturated heterocycles. The maximum absolute atomic E-state index is 15.0. The van der Waals surface area contributed by atoms with E-state index in [9.17, 15) is 59.6 Å². The second-order valence-electron chi connectivity index (χ2n) is 6.91. The highest BCUT2D eigenvalue weighted by atomic mass is 19.2. The predicted octanol–water partition coefficient (Wildman–Crippen LogP) is 5.58. The van der Waals surface area contributed by atoms with Crippen LogP contribution in [0.25, 0.3) is 21.5 Å². The van der Waals surface area contributed by atoms with Crippen molar-refractivity contribution in [3.05, 3.63) is 70.1 Å². The van der Waals surface area contributed by atoms with E-state index < -0.39 is 108 Å². The molecule has 4 aromatic carbocycles. The van der Waals surface area contributed by atoms with Gasteiger partial charge in [-0.2, -0.15) is 4.39 Å². The van der Waals surface area contributed by atoms with Crippen LogP contribution in [0.5, 0.6) is 23.0 Å². The van der Waals surface area contributed by atoms with Crippen molar-refractivity contribution in [1.29, 1.82) is 0 Å². The van der Waals surface area contributed by atoms with Crippen molar-refractivity contribution in [2.75, 3.05) is 0 Å². The lowest BCUT2D eigenvalue weighted by Gasteiger charge is -2.15. The van der Waals surface area contributed by atoms with Crippen LogP contribution < -0.4 is 4.74 Å². The first-order valence-corrected chi connectivity index (χ1v) is 8.89. The largest absolute Gasteiger partial charge is 0.504 e. The summed E-state index contributed by atoms with van der Waals surface area (Å²) < 4.78 is 133. The fourth-order valence-electron chi connectivity index (χ4n) is 3.31. The Morgan fingerprint density at radius 3 is 1.34 bits per heavy atom. The van der Waals surface area contributed by atoms with Crippen molar-refractivity contribution < 1.29 is 64.4 Å². The van der Waals surface area contributed by atoms with Gasteiger partial charge in [-0.1, -0.05) is 0 Å². The third-order valence-corrected chi connectivity index (χ3v) is 4.93. The number of carbonyl (C=O) groups is 1. The number of hydrogen-bond acceptors (Lipinski definition) is 5. The fourth-order valence-corrected chi connectivity index (χ4v) is 3.31. The summed E-state index contributed by atoms with van der Waals surface area (Å²) in [6, 6.07) is 0.877. The minimum Gasteiger partial charge on any atom is -0.504 e. The van der Waals surface area contributed by atoms with E-state index in [4.69, 9.17) is 0 Å². The van der Waals surface area contributed by atoms with E-state index in [0.717, 1.165) is 0 Å². The summed E-state index contributed by atoms with van der Waals surface area (Å²) in [4.78, 5) is 12.2. The second-order valence-corrected chi connectivity index (χ2v) is 6.91. The molecule has 14 heteroatoms. The van der Waals surface area contributed by atoms with Crippen LogP contribution in [0.4, 0.5) is 39.5 Å². The molecule has 0 bridgehead atoms. The Balaban J connectivity index is 2.04. The van der Waals surface area contributed by atoms with Crippen molar-refractivity contribution in [2.24, 2.45) is 0 Å². The summed E-state index contributed by atoms with van der Waals surface area (Å²) in [5.74, 6) is -29.5. The normalized spacial score (nSPS) is 11.5. The molecule has 4 aromatic rings. The van der Waals surface area contributed by atoms with Gasteiger partial charge < -0.3 is 20.1 Å². The Morgan fingerprint density at radius 1 is 0.543 bits per heavy atom. The molecule has 35 heavy (non-hydrogen) atoms. The standard InChI is InChI=1S/C21H5F9O5/c22-10-6-7(13(25)17(29)16(28)12(6)24)11(23)9-8(10)14(26)18(30)20(15(9)27)35-21(34)3-1-4(31)19(33)5(32)2-3/h1-2,31-33H. The van der Waals surface area contributed by atoms with Gasteiger partial charge in [-0.3, -0.25) is 0 Å². The number of hydrogen-bond donors (Lipinski definition) is 3. The van der Waals surface area contributed by atoms with E-state index in [2.05, 4.69) is 4.74 Å². The lowest BCUT2D eigenvalue weighted by atomic mass is 9.99. The molecule has 0 saturated carbocycles. The summed E-state index contributed by atoms with van der Waals surface area (Å²) in [6.07, 6.45) is 0. The van der Waals surface area contributed by atoms with Gasteiger partial charge in [0.15, 0.2) is 52.2 Å². The van der Waals surface area contributed by atoms with Crippen molar-refractivity contribution >= 4 is 27.5 Å². The predicted molar refractivity (Wildman–Crippen MR) is 97.5 cm³/mol. The van der Waals surface area contributed by atoms with Crippen LogP contribution in [0.3, 0.4) is 0 Å². The zero-order valence-corrected chi connectivity index (χ0v) is 16.2. The molecule has 0 spiro atoms. The van der Waals surface area contributed by atoms with Crippen LogP contribution in [0.1, 0.15) is 10.4 Å². The number of phenols is 3. The van der Waals surface area contributed by atoms with E-state index in [1.165, 1.54) is 0 Å². The van der Waals surface area contributed by atoms with Crippen LogP contribution in [-0.4, -0.2) is 21.3 Å². The van der Waals surface area contributed by atoms with Crippen molar-refractivity contribution in [2.45, 2.75) is 0 Å². The number of ether oxygens (including phenoxy) is 1. The van der Waals surface area contributed by atoms with Crippen LogP contribution in [0.2, 0.25) is 0 Å². The molecule has 0 radical (unpaired) electrons. The number of halogens is 9. The highest BCUT2D eigenvalue weighted by Gasteiger charge is 2.34. The number of phenolic OH excluding ortho intramolecular Hbond substituents is 3. The van der Waals surface area contributed by atoms with Crippen LogP contribution in [-0.2, 0) is 0 Å². The minimum atomic E-state index is -2.62. The van der Waals surface area contributed by atoms with Gasteiger partial charge in [0.1, 0.15) is 11.6 Å². The van der Waals surface area contributed by atoms with E-state index >= 15 is 0 Å². The summed E-state index contributed by atoms with van der Waals surface area (Å²) in [5, 5.41) is 20.2. The van der Waals surface area contributed by atoms with E-state index in [0.29, 0.717) is 12.1 Å². The average Bonchev–Trinajstić information content (AvgIpc) is 2.81. The summed E-state index contributed by atoms with van der Waals surface area (Å²) >= 11 is 0. The van der Waals surface area contributed by atoms with Crippen LogP contribution >= 0.6 is 0 Å². The molecule has 182 valence electrons. The Kier molecular flexibility index (Phi) is 5.34. The lowest BCUT2D eigenvalue weighted by Crippen LogP contribution is -2.13. The molecule has 5 nitrogen and oxygen atoms in total. The molecule has 0 heterocycles. The molecule has 0 amide bonds. The molecular formula is C21H5F9O5. The lowest BCUT2D eigenvalue weighted by molar-refractivity contribution is 0.0718. The van der Waals surface area contributed by atoms with E-state index in [-0.39, 0.29) is 0 Å². The maximum Gasteiger partial charge on any atom is 0.344 e. The average molecular weight is 508 g/mol. The first-order valence-electron chi connectivity index (χ1n) is 8.89. The number of esters is 1. The molecule has 0 atom stereocenters. The molecule has 0 aliphatic rings. The maximum atomic E-state index is 15.0. The molecule has 0 aliphatic heterocycles. The van der Waals surface area contributed by atoms with Gasteiger partial charge in [-0.25, -0.2) is 39.9 Å². The topological polar surface area (TPSA) is 87.0 Å². The smallest absolute Gasteiger partial charge is 0.344 e. The van der Waals surface area contributed by atoms with E-state index in [1.807, 2.05) is 0 Å². The molecule has 0 aromatic heterocycles. The van der Waals surface area contributed by atoms with Gasteiger partial charge in [0.05, 0.1) is 27.1 Å². The number of fused-ring (bicyclic) bond motifs is 2. The summed E-state index contributed by atoms with van der Waals surface area (Å²) in [6.45, 7) is 0. The van der Waals surface area contributed by atoms with Crippen molar-refractivity contribution in [3.63, 3.8) is 0 Å². The first-order chi connectivity index (χ1) is 16.3. The Hall–Kier alpha value is -4.36. The van der Waals surface area contributed by atoms with Gasteiger partial charge in [0, 0.05) is 0 Å². The number of benzene rings is 4. The SMILES string of the molecule is O=C(Oc1c(F)c(F)c2c(F)c3c(F)c(F)c(F)c(F)c3c(F)c2c1F)c1cc(O)c(O)c(O)c1. The van der Waals surface area contributed by atoms with Crippen molar-refractivity contribution in [3.8, 4) is 23.0 Å². The number of carbonyl (C=O) groups excluding carboxylic acids is 1. The molecule has 0 aliphatic carbocycles. The number of rotatable bonds is 2. The van der Waals surface area contributed by atoms with Gasteiger partial charge in [-0.05, 0) is 12.1 Å². The zero-order chi connectivity index (χ0) is 26.1. The molecule has 4 rings (SSSR count). The monoisotopic (exact) mass is 508 g/mol. The first kappa shape index (κ1) is 23.8. The summed E-state index contributed by atoms with van der Waals surface area (Å²) in [7, 11) is 0. The molecule has 3 N–H and O–H groups in total. The Bertz CT molecular complexity index is 1600. The quantitative estimate of drug-likeness (QED) is 0.0626.